The van der Waals surface area contributed by atoms with Crippen molar-refractivity contribution in [3.63, 3.8) is 0 Å². The van der Waals surface area contributed by atoms with Crippen LogP contribution in [0.3, 0.4) is 0 Å². The molecule has 0 fully saturated rings. The summed E-state index contributed by atoms with van der Waals surface area (Å²) in [7, 11) is 2.96. The lowest BCUT2D eigenvalue weighted by atomic mass is 10.2. The number of para-hydroxylation sites is 1. The molecule has 7 nitrogen and oxygen atoms in total. The van der Waals surface area contributed by atoms with Crippen molar-refractivity contribution in [1.82, 2.24) is 9.55 Å². The van der Waals surface area contributed by atoms with Crippen LogP contribution in [-0.2, 0) is 23.0 Å². The first kappa shape index (κ1) is 18.3. The second-order valence-electron chi connectivity index (χ2n) is 6.03. The van der Waals surface area contributed by atoms with Gasteiger partial charge in [-0.15, -0.1) is 0 Å². The lowest BCUT2D eigenvalue weighted by Crippen LogP contribution is -2.23. The number of aromatic nitrogens is 2. The number of fused-ring (bicyclic) bond motifs is 1. The first-order valence-electron chi connectivity index (χ1n) is 8.42. The number of carbonyl (C=O) groups excluding carboxylic acids is 2. The van der Waals surface area contributed by atoms with Crippen molar-refractivity contribution < 1.29 is 14.3 Å². The number of anilines is 1. The van der Waals surface area contributed by atoms with Gasteiger partial charge in [-0.1, -0.05) is 12.1 Å². The van der Waals surface area contributed by atoms with Crippen LogP contribution >= 0.6 is 0 Å². The zero-order valence-corrected chi connectivity index (χ0v) is 15.1. The number of nitrogens with one attached hydrogen (secondary N) is 1. The number of ether oxygens (including phenoxy) is 1. The monoisotopic (exact) mass is 365 g/mol. The van der Waals surface area contributed by atoms with Gasteiger partial charge in [-0.2, -0.15) is 0 Å². The molecule has 1 N–H and O–H groups in total. The zero-order chi connectivity index (χ0) is 19.4. The molecule has 138 valence electrons. The molecule has 7 heteroatoms. The third-order valence-electron chi connectivity index (χ3n) is 4.24. The molecule has 2 aromatic carbocycles. The molecule has 3 rings (SSSR count). The first-order chi connectivity index (χ1) is 13.0. The quantitative estimate of drug-likeness (QED) is 0.701. The number of nitrogens with zero attached hydrogens (tertiary/aromatic N) is 2. The summed E-state index contributed by atoms with van der Waals surface area (Å²) < 4.78 is 6.11. The van der Waals surface area contributed by atoms with E-state index >= 15 is 0 Å². The van der Waals surface area contributed by atoms with E-state index in [1.807, 2.05) is 6.07 Å². The van der Waals surface area contributed by atoms with Crippen LogP contribution in [0, 0.1) is 0 Å². The van der Waals surface area contributed by atoms with Gasteiger partial charge in [0.25, 0.3) is 5.56 Å². The topological polar surface area (TPSA) is 90.3 Å². The summed E-state index contributed by atoms with van der Waals surface area (Å²) >= 11 is 0. The van der Waals surface area contributed by atoms with Crippen molar-refractivity contribution >= 4 is 28.5 Å². The molecule has 1 aromatic heterocycles. The Morgan fingerprint density at radius 1 is 1.11 bits per heavy atom. The molecule has 0 unspecified atom stereocenters. The average molecular weight is 365 g/mol. The summed E-state index contributed by atoms with van der Waals surface area (Å²) in [6, 6.07) is 13.6. The zero-order valence-electron chi connectivity index (χ0n) is 15.1. The Labute approximate surface area is 155 Å². The van der Waals surface area contributed by atoms with Crippen molar-refractivity contribution in [2.24, 2.45) is 7.05 Å². The Bertz CT molecular complexity index is 1060. The summed E-state index contributed by atoms with van der Waals surface area (Å²) in [5.74, 6) is -0.0886. The predicted molar refractivity (Wildman–Crippen MR) is 102 cm³/mol. The molecule has 3 aromatic rings. The van der Waals surface area contributed by atoms with Gasteiger partial charge in [-0.3, -0.25) is 14.2 Å². The molecule has 0 aliphatic carbocycles. The van der Waals surface area contributed by atoms with E-state index in [0.29, 0.717) is 34.4 Å². The van der Waals surface area contributed by atoms with Crippen LogP contribution in [0.25, 0.3) is 10.9 Å². The number of benzene rings is 2. The number of carbonyl (C=O) groups is 2. The Morgan fingerprint density at radius 2 is 1.81 bits per heavy atom. The minimum atomic E-state index is -0.434. The average Bonchev–Trinajstić information content (AvgIpc) is 2.69. The maximum absolute atomic E-state index is 12.4. The number of amides is 1. The molecule has 0 aliphatic rings. The Balaban J connectivity index is 1.67. The smallest absolute Gasteiger partial charge is 0.337 e. The molecule has 27 heavy (non-hydrogen) atoms. The van der Waals surface area contributed by atoms with Gasteiger partial charge < -0.3 is 10.1 Å². The number of hydrogen-bond acceptors (Lipinski definition) is 5. The lowest BCUT2D eigenvalue weighted by Gasteiger charge is -2.10. The Kier molecular flexibility index (Phi) is 5.30. The highest BCUT2D eigenvalue weighted by Gasteiger charge is 2.11. The normalized spacial score (nSPS) is 10.6. The standard InChI is InChI=1S/C20H19N3O4/c1-23-17(22-16-6-4-3-5-15(16)19(23)25)11-12-18(24)21-14-9-7-13(8-10-14)20(26)27-2/h3-10H,11-12H2,1-2H3,(H,21,24). The van der Waals surface area contributed by atoms with E-state index in [1.54, 1.807) is 49.5 Å². The molecular weight excluding hydrogens is 346 g/mol. The fraction of sp³-hybridized carbons (Fsp3) is 0.200. The van der Waals surface area contributed by atoms with Gasteiger partial charge in [0.05, 0.1) is 23.6 Å². The van der Waals surface area contributed by atoms with E-state index in [4.69, 9.17) is 0 Å². The second kappa shape index (κ2) is 7.82. The van der Waals surface area contributed by atoms with Gasteiger partial charge in [0.2, 0.25) is 5.91 Å². The van der Waals surface area contributed by atoms with Crippen molar-refractivity contribution in [2.75, 3.05) is 12.4 Å². The predicted octanol–water partition coefficient (Wildman–Crippen LogP) is 2.29. The van der Waals surface area contributed by atoms with Gasteiger partial charge in [0.1, 0.15) is 5.82 Å². The van der Waals surface area contributed by atoms with E-state index in [9.17, 15) is 14.4 Å². The molecule has 0 aliphatic heterocycles. The minimum Gasteiger partial charge on any atom is -0.465 e. The van der Waals surface area contributed by atoms with Crippen LogP contribution in [0.15, 0.2) is 53.3 Å². The third kappa shape index (κ3) is 4.03. The first-order valence-corrected chi connectivity index (χ1v) is 8.42. The highest BCUT2D eigenvalue weighted by Crippen LogP contribution is 2.12. The maximum atomic E-state index is 12.4. The molecule has 0 atom stereocenters. The molecule has 1 heterocycles. The van der Waals surface area contributed by atoms with Crippen LogP contribution in [0.5, 0.6) is 0 Å². The van der Waals surface area contributed by atoms with Crippen molar-refractivity contribution in [3.05, 3.63) is 70.3 Å². The SMILES string of the molecule is COC(=O)c1ccc(NC(=O)CCc2nc3ccccc3c(=O)n2C)cc1. The molecular formula is C20H19N3O4. The van der Waals surface area contributed by atoms with Crippen LogP contribution < -0.4 is 10.9 Å². The van der Waals surface area contributed by atoms with E-state index in [0.717, 1.165) is 0 Å². The number of aryl methyl sites for hydroxylation is 1. The lowest BCUT2D eigenvalue weighted by molar-refractivity contribution is -0.116. The maximum Gasteiger partial charge on any atom is 0.337 e. The van der Waals surface area contributed by atoms with E-state index in [2.05, 4.69) is 15.0 Å². The van der Waals surface area contributed by atoms with Gasteiger partial charge in [-0.25, -0.2) is 9.78 Å². The molecule has 0 saturated carbocycles. The number of methoxy groups -OCH3 is 1. The number of hydrogen-bond donors (Lipinski definition) is 1. The molecule has 0 saturated heterocycles. The fourth-order valence-electron chi connectivity index (χ4n) is 2.74. The number of rotatable bonds is 5. The van der Waals surface area contributed by atoms with Crippen LogP contribution in [0.1, 0.15) is 22.6 Å². The molecule has 0 bridgehead atoms. The minimum absolute atomic E-state index is 0.130. The van der Waals surface area contributed by atoms with E-state index in [1.165, 1.54) is 11.7 Å². The van der Waals surface area contributed by atoms with Gasteiger partial charge in [-0.05, 0) is 36.4 Å². The third-order valence-corrected chi connectivity index (χ3v) is 4.24. The summed E-state index contributed by atoms with van der Waals surface area (Å²) in [4.78, 5) is 40.5. The molecule has 0 spiro atoms. The summed E-state index contributed by atoms with van der Waals surface area (Å²) in [6.45, 7) is 0. The van der Waals surface area contributed by atoms with Crippen LogP contribution in [-0.4, -0.2) is 28.5 Å². The highest BCUT2D eigenvalue weighted by atomic mass is 16.5. The van der Waals surface area contributed by atoms with Gasteiger partial charge in [0.15, 0.2) is 0 Å². The van der Waals surface area contributed by atoms with Crippen molar-refractivity contribution in [3.8, 4) is 0 Å². The summed E-state index contributed by atoms with van der Waals surface area (Å²) in [6.07, 6.45) is 0.514. The van der Waals surface area contributed by atoms with Crippen LogP contribution in [0.2, 0.25) is 0 Å². The van der Waals surface area contributed by atoms with Gasteiger partial charge >= 0.3 is 5.97 Å². The Hall–Kier alpha value is -3.48. The highest BCUT2D eigenvalue weighted by molar-refractivity contribution is 5.93. The van der Waals surface area contributed by atoms with Crippen molar-refractivity contribution in [1.29, 1.82) is 0 Å². The second-order valence-corrected chi connectivity index (χ2v) is 6.03. The van der Waals surface area contributed by atoms with Gasteiger partial charge in [0, 0.05) is 25.6 Å². The Morgan fingerprint density at radius 3 is 2.52 bits per heavy atom. The molecule has 0 radical (unpaired) electrons. The van der Waals surface area contributed by atoms with Crippen LogP contribution in [0.4, 0.5) is 5.69 Å². The fourth-order valence-corrected chi connectivity index (χ4v) is 2.74. The number of esters is 1. The summed E-state index contributed by atoms with van der Waals surface area (Å²) in [5, 5.41) is 3.32. The molecule has 1 amide bonds. The van der Waals surface area contributed by atoms with E-state index < -0.39 is 5.97 Å². The summed E-state index contributed by atoms with van der Waals surface area (Å²) in [5.41, 5.74) is 1.47. The van der Waals surface area contributed by atoms with Crippen molar-refractivity contribution in [2.45, 2.75) is 12.8 Å². The largest absolute Gasteiger partial charge is 0.465 e. The van der Waals surface area contributed by atoms with E-state index in [-0.39, 0.29) is 17.9 Å².